The summed E-state index contributed by atoms with van der Waals surface area (Å²) in [6.07, 6.45) is 5.75. The summed E-state index contributed by atoms with van der Waals surface area (Å²) >= 11 is 6.79. The molecule has 3 heteroatoms. The second kappa shape index (κ2) is 4.80. The average molecular weight is 303 g/mol. The van der Waals surface area contributed by atoms with Crippen LogP contribution in [0.2, 0.25) is 0 Å². The van der Waals surface area contributed by atoms with Crippen molar-refractivity contribution in [3.63, 3.8) is 0 Å². The highest BCUT2D eigenvalue weighted by Crippen LogP contribution is 2.24. The first-order chi connectivity index (χ1) is 6.13. The lowest BCUT2D eigenvalue weighted by molar-refractivity contribution is 0.753. The van der Waals surface area contributed by atoms with E-state index in [0.717, 1.165) is 14.5 Å². The lowest BCUT2D eigenvalue weighted by Gasteiger charge is -2.09. The Bertz CT molecular complexity index is 321. The lowest BCUT2D eigenvalue weighted by atomic mass is 10.1. The zero-order chi connectivity index (χ0) is 9.84. The summed E-state index contributed by atoms with van der Waals surface area (Å²) in [7, 11) is 0. The van der Waals surface area contributed by atoms with Crippen LogP contribution < -0.4 is 5.73 Å². The molecule has 1 unspecified atom stereocenters. The van der Waals surface area contributed by atoms with Crippen molar-refractivity contribution in [3.8, 4) is 12.3 Å². The molecule has 1 aromatic carbocycles. The van der Waals surface area contributed by atoms with Gasteiger partial charge >= 0.3 is 0 Å². The number of terminal acetylenes is 1. The van der Waals surface area contributed by atoms with Gasteiger partial charge < -0.3 is 5.73 Å². The summed E-state index contributed by atoms with van der Waals surface area (Å²) in [5.74, 6) is 2.55. The summed E-state index contributed by atoms with van der Waals surface area (Å²) < 4.78 is 2.01. The van der Waals surface area contributed by atoms with Gasteiger partial charge in [0.1, 0.15) is 0 Å². The monoisotopic (exact) mass is 301 g/mol. The fourth-order valence-electron chi connectivity index (χ4n) is 1.03. The largest absolute Gasteiger partial charge is 0.323 e. The predicted molar refractivity (Wildman–Crippen MR) is 62.2 cm³/mol. The second-order valence-corrected chi connectivity index (χ2v) is 4.55. The summed E-state index contributed by atoms with van der Waals surface area (Å²) in [4.78, 5) is 0. The van der Waals surface area contributed by atoms with E-state index in [2.05, 4.69) is 37.8 Å². The average Bonchev–Trinajstić information content (AvgIpc) is 2.03. The molecular weight excluding hydrogens is 294 g/mol. The maximum Gasteiger partial charge on any atom is 0.0406 e. The molecule has 68 valence electrons. The van der Waals surface area contributed by atoms with E-state index < -0.39 is 0 Å². The van der Waals surface area contributed by atoms with E-state index in [1.807, 2.05) is 18.2 Å². The Hall–Kier alpha value is -0.300. The van der Waals surface area contributed by atoms with Crippen molar-refractivity contribution in [3.05, 3.63) is 32.7 Å². The molecule has 0 saturated carbocycles. The van der Waals surface area contributed by atoms with Crippen molar-refractivity contribution in [2.45, 2.75) is 12.5 Å². The van der Waals surface area contributed by atoms with Gasteiger partial charge in [-0.3, -0.25) is 0 Å². The van der Waals surface area contributed by atoms with E-state index in [0.29, 0.717) is 6.42 Å². The highest BCUT2D eigenvalue weighted by Gasteiger charge is 2.05. The maximum atomic E-state index is 5.86. The Morgan fingerprint density at radius 2 is 1.85 bits per heavy atom. The van der Waals surface area contributed by atoms with Crippen LogP contribution in [0, 0.1) is 12.3 Å². The van der Waals surface area contributed by atoms with Crippen LogP contribution in [-0.2, 0) is 0 Å². The third kappa shape index (κ3) is 3.15. The van der Waals surface area contributed by atoms with Gasteiger partial charge in [-0.1, -0.05) is 31.9 Å². The highest BCUT2D eigenvalue weighted by molar-refractivity contribution is 9.11. The van der Waals surface area contributed by atoms with Gasteiger partial charge in [-0.15, -0.1) is 12.3 Å². The van der Waals surface area contributed by atoms with E-state index in [1.165, 1.54) is 0 Å². The molecule has 0 aromatic heterocycles. The molecule has 0 radical (unpaired) electrons. The topological polar surface area (TPSA) is 26.0 Å². The normalized spacial score (nSPS) is 12.2. The van der Waals surface area contributed by atoms with Crippen LogP contribution >= 0.6 is 31.9 Å². The Morgan fingerprint density at radius 1 is 1.31 bits per heavy atom. The fourth-order valence-corrected chi connectivity index (χ4v) is 2.36. The maximum absolute atomic E-state index is 5.86. The van der Waals surface area contributed by atoms with Gasteiger partial charge in [-0.25, -0.2) is 0 Å². The van der Waals surface area contributed by atoms with E-state index in [9.17, 15) is 0 Å². The summed E-state index contributed by atoms with van der Waals surface area (Å²) in [5, 5.41) is 0. The third-order valence-electron chi connectivity index (χ3n) is 1.65. The molecule has 0 saturated heterocycles. The number of benzene rings is 1. The SMILES string of the molecule is C#CCC(N)c1cc(Br)cc(Br)c1. The van der Waals surface area contributed by atoms with Crippen molar-refractivity contribution in [2.24, 2.45) is 5.73 Å². The van der Waals surface area contributed by atoms with Crippen molar-refractivity contribution in [1.29, 1.82) is 0 Å². The first-order valence-electron chi connectivity index (χ1n) is 3.78. The van der Waals surface area contributed by atoms with Gasteiger partial charge in [-0.05, 0) is 23.8 Å². The van der Waals surface area contributed by atoms with E-state index in [4.69, 9.17) is 12.2 Å². The lowest BCUT2D eigenvalue weighted by Crippen LogP contribution is -2.09. The van der Waals surface area contributed by atoms with Crippen molar-refractivity contribution < 1.29 is 0 Å². The number of rotatable bonds is 2. The first-order valence-corrected chi connectivity index (χ1v) is 5.37. The van der Waals surface area contributed by atoms with E-state index >= 15 is 0 Å². The summed E-state index contributed by atoms with van der Waals surface area (Å²) in [6, 6.07) is 5.84. The Labute approximate surface area is 95.0 Å². The zero-order valence-corrected chi connectivity index (χ0v) is 10.1. The number of hydrogen-bond donors (Lipinski definition) is 1. The quantitative estimate of drug-likeness (QED) is 0.834. The van der Waals surface area contributed by atoms with Gasteiger partial charge in [0.25, 0.3) is 0 Å². The molecule has 0 spiro atoms. The number of nitrogens with two attached hydrogens (primary N) is 1. The van der Waals surface area contributed by atoms with Crippen LogP contribution in [0.25, 0.3) is 0 Å². The Morgan fingerprint density at radius 3 is 2.31 bits per heavy atom. The minimum absolute atomic E-state index is 0.0844. The smallest absolute Gasteiger partial charge is 0.0406 e. The minimum Gasteiger partial charge on any atom is -0.323 e. The molecule has 1 aromatic rings. The molecule has 0 aliphatic rings. The van der Waals surface area contributed by atoms with Crippen LogP contribution in [-0.4, -0.2) is 0 Å². The zero-order valence-electron chi connectivity index (χ0n) is 6.93. The summed E-state index contributed by atoms with van der Waals surface area (Å²) in [6.45, 7) is 0. The minimum atomic E-state index is -0.0844. The van der Waals surface area contributed by atoms with Gasteiger partial charge in [-0.2, -0.15) is 0 Å². The highest BCUT2D eigenvalue weighted by atomic mass is 79.9. The van der Waals surface area contributed by atoms with Crippen LogP contribution in [0.1, 0.15) is 18.0 Å². The molecule has 0 bridgehead atoms. The predicted octanol–water partition coefficient (Wildman–Crippen LogP) is 3.23. The van der Waals surface area contributed by atoms with E-state index in [-0.39, 0.29) is 6.04 Å². The fraction of sp³-hybridized carbons (Fsp3) is 0.200. The van der Waals surface area contributed by atoms with Gasteiger partial charge in [0.15, 0.2) is 0 Å². The molecule has 0 aliphatic carbocycles. The molecule has 0 fully saturated rings. The van der Waals surface area contributed by atoms with Gasteiger partial charge in [0, 0.05) is 21.4 Å². The van der Waals surface area contributed by atoms with E-state index in [1.54, 1.807) is 0 Å². The molecular formula is C10H9Br2N. The van der Waals surface area contributed by atoms with Crippen LogP contribution in [0.5, 0.6) is 0 Å². The van der Waals surface area contributed by atoms with Crippen LogP contribution in [0.4, 0.5) is 0 Å². The van der Waals surface area contributed by atoms with Crippen LogP contribution in [0.3, 0.4) is 0 Å². The van der Waals surface area contributed by atoms with Crippen LogP contribution in [0.15, 0.2) is 27.1 Å². The Kier molecular flexibility index (Phi) is 3.98. The third-order valence-corrected chi connectivity index (χ3v) is 2.57. The van der Waals surface area contributed by atoms with Crippen molar-refractivity contribution >= 4 is 31.9 Å². The molecule has 1 nitrogen and oxygen atoms in total. The van der Waals surface area contributed by atoms with Gasteiger partial charge in [0.05, 0.1) is 0 Å². The number of hydrogen-bond acceptors (Lipinski definition) is 1. The van der Waals surface area contributed by atoms with Gasteiger partial charge in [0.2, 0.25) is 0 Å². The summed E-state index contributed by atoms with van der Waals surface area (Å²) in [5.41, 5.74) is 6.90. The van der Waals surface area contributed by atoms with Crippen molar-refractivity contribution in [1.82, 2.24) is 0 Å². The second-order valence-electron chi connectivity index (χ2n) is 2.72. The Balaban J connectivity index is 2.95. The first kappa shape index (κ1) is 10.8. The molecule has 1 rings (SSSR count). The molecule has 1 atom stereocenters. The molecule has 2 N–H and O–H groups in total. The molecule has 0 amide bonds. The molecule has 0 heterocycles. The number of halogens is 2. The van der Waals surface area contributed by atoms with Crippen molar-refractivity contribution in [2.75, 3.05) is 0 Å². The standard InChI is InChI=1S/C10H9Br2N/c1-2-3-10(13)7-4-8(11)6-9(12)5-7/h1,4-6,10H,3,13H2. The molecule has 13 heavy (non-hydrogen) atoms. The molecule has 0 aliphatic heterocycles.